The summed E-state index contributed by atoms with van der Waals surface area (Å²) >= 11 is 1.60. The molecule has 0 aromatic carbocycles. The number of amides is 1. The fourth-order valence-electron chi connectivity index (χ4n) is 3.84. The van der Waals surface area contributed by atoms with E-state index in [4.69, 9.17) is 0 Å². The van der Waals surface area contributed by atoms with Crippen LogP contribution in [0.2, 0.25) is 0 Å². The van der Waals surface area contributed by atoms with Crippen molar-refractivity contribution in [2.75, 3.05) is 11.9 Å². The van der Waals surface area contributed by atoms with E-state index < -0.39 is 0 Å². The Morgan fingerprint density at radius 2 is 1.79 bits per heavy atom. The van der Waals surface area contributed by atoms with Crippen LogP contribution in [0.5, 0.6) is 0 Å². The number of thiophene rings is 1. The van der Waals surface area contributed by atoms with Gasteiger partial charge in [0.15, 0.2) is 0 Å². The maximum Gasteiger partial charge on any atom is 0.238 e. The van der Waals surface area contributed by atoms with Crippen LogP contribution in [0.25, 0.3) is 0 Å². The summed E-state index contributed by atoms with van der Waals surface area (Å²) in [6.07, 6.45) is 13.2. The average Bonchev–Trinajstić information content (AvgIpc) is 2.90. The Kier molecular flexibility index (Phi) is 6.28. The molecule has 0 saturated heterocycles. The first kappa shape index (κ1) is 17.4. The summed E-state index contributed by atoms with van der Waals surface area (Å²) in [4.78, 5) is 13.6. The standard InChI is InChI=1S/C19H27N3OS/c20-12-16-15-10-6-7-11-17(15)24-19(16)22-18(23)13-21-14-8-4-2-1-3-5-9-14/h14,21H,1-11,13H2,(H,22,23). The fourth-order valence-corrected chi connectivity index (χ4v) is 5.10. The number of nitrogens with zero attached hydrogens (tertiary/aromatic N) is 1. The summed E-state index contributed by atoms with van der Waals surface area (Å²) in [5.74, 6) is -0.0212. The summed E-state index contributed by atoms with van der Waals surface area (Å²) < 4.78 is 0. The maximum atomic E-state index is 12.3. The second-order valence-electron chi connectivity index (χ2n) is 7.00. The Balaban J connectivity index is 1.55. The molecule has 4 nitrogen and oxygen atoms in total. The molecule has 2 aliphatic rings. The predicted molar refractivity (Wildman–Crippen MR) is 98.4 cm³/mol. The Bertz CT molecular complexity index is 609. The van der Waals surface area contributed by atoms with Crippen LogP contribution in [-0.4, -0.2) is 18.5 Å². The van der Waals surface area contributed by atoms with E-state index in [1.165, 1.54) is 61.8 Å². The largest absolute Gasteiger partial charge is 0.315 e. The highest BCUT2D eigenvalue weighted by Crippen LogP contribution is 2.37. The predicted octanol–water partition coefficient (Wildman–Crippen LogP) is 4.14. The molecule has 2 N–H and O–H groups in total. The van der Waals surface area contributed by atoms with Crippen LogP contribution in [0.4, 0.5) is 5.00 Å². The Labute approximate surface area is 148 Å². The minimum Gasteiger partial charge on any atom is -0.315 e. The third kappa shape index (κ3) is 4.37. The lowest BCUT2D eigenvalue weighted by molar-refractivity contribution is -0.115. The number of carbonyl (C=O) groups is 1. The number of aryl methyl sites for hydroxylation is 1. The zero-order chi connectivity index (χ0) is 16.8. The lowest BCUT2D eigenvalue weighted by Crippen LogP contribution is -2.36. The molecule has 1 saturated carbocycles. The van der Waals surface area contributed by atoms with E-state index >= 15 is 0 Å². The third-order valence-electron chi connectivity index (χ3n) is 5.19. The van der Waals surface area contributed by atoms with Gasteiger partial charge in [0.1, 0.15) is 11.1 Å². The number of nitrogens with one attached hydrogen (secondary N) is 2. The number of nitriles is 1. The lowest BCUT2D eigenvalue weighted by atomic mass is 9.96. The zero-order valence-electron chi connectivity index (χ0n) is 14.3. The zero-order valence-corrected chi connectivity index (χ0v) is 15.1. The summed E-state index contributed by atoms with van der Waals surface area (Å²) in [7, 11) is 0. The van der Waals surface area contributed by atoms with Gasteiger partial charge in [-0.25, -0.2) is 0 Å². The van der Waals surface area contributed by atoms with Crippen molar-refractivity contribution in [3.05, 3.63) is 16.0 Å². The van der Waals surface area contributed by atoms with Crippen molar-refractivity contribution in [1.29, 1.82) is 5.26 Å². The van der Waals surface area contributed by atoms with E-state index in [1.807, 2.05) is 0 Å². The van der Waals surface area contributed by atoms with E-state index in [2.05, 4.69) is 16.7 Å². The van der Waals surface area contributed by atoms with Crippen LogP contribution in [-0.2, 0) is 17.6 Å². The molecule has 1 aromatic heterocycles. The molecule has 5 heteroatoms. The maximum absolute atomic E-state index is 12.3. The molecule has 24 heavy (non-hydrogen) atoms. The summed E-state index contributed by atoms with van der Waals surface area (Å²) in [6.45, 7) is 0.345. The molecule has 0 spiro atoms. The van der Waals surface area contributed by atoms with E-state index in [9.17, 15) is 10.1 Å². The minimum atomic E-state index is -0.0212. The molecular formula is C19H27N3OS. The highest BCUT2D eigenvalue weighted by molar-refractivity contribution is 7.16. The van der Waals surface area contributed by atoms with Gasteiger partial charge in [-0.2, -0.15) is 5.26 Å². The molecule has 130 valence electrons. The van der Waals surface area contributed by atoms with Gasteiger partial charge in [0.25, 0.3) is 0 Å². The normalized spacial score (nSPS) is 19.0. The van der Waals surface area contributed by atoms with Crippen molar-refractivity contribution in [3.8, 4) is 6.07 Å². The van der Waals surface area contributed by atoms with Gasteiger partial charge in [0, 0.05) is 10.9 Å². The number of anilines is 1. The molecule has 1 amide bonds. The van der Waals surface area contributed by atoms with Crippen molar-refractivity contribution in [3.63, 3.8) is 0 Å². The van der Waals surface area contributed by atoms with Crippen molar-refractivity contribution in [2.45, 2.75) is 76.7 Å². The van der Waals surface area contributed by atoms with Gasteiger partial charge in [-0.1, -0.05) is 32.1 Å². The van der Waals surface area contributed by atoms with Gasteiger partial charge < -0.3 is 10.6 Å². The van der Waals surface area contributed by atoms with Gasteiger partial charge in [0.05, 0.1) is 12.1 Å². The van der Waals surface area contributed by atoms with Crippen LogP contribution in [0, 0.1) is 11.3 Å². The van der Waals surface area contributed by atoms with E-state index in [0.29, 0.717) is 18.2 Å². The molecular weight excluding hydrogens is 318 g/mol. The van der Waals surface area contributed by atoms with Crippen LogP contribution in [0.1, 0.15) is 73.8 Å². The molecule has 0 atom stereocenters. The highest BCUT2D eigenvalue weighted by Gasteiger charge is 2.22. The first-order chi connectivity index (χ1) is 11.8. The molecule has 0 radical (unpaired) electrons. The third-order valence-corrected chi connectivity index (χ3v) is 6.40. The number of carbonyl (C=O) groups excluding carboxylic acids is 1. The molecule has 2 aliphatic carbocycles. The summed E-state index contributed by atoms with van der Waals surface area (Å²) in [6, 6.07) is 2.77. The van der Waals surface area contributed by atoms with E-state index in [0.717, 1.165) is 24.3 Å². The van der Waals surface area contributed by atoms with Crippen molar-refractivity contribution in [2.24, 2.45) is 0 Å². The molecule has 1 fully saturated rings. The number of hydrogen-bond acceptors (Lipinski definition) is 4. The summed E-state index contributed by atoms with van der Waals surface area (Å²) in [5.41, 5.74) is 1.88. The fraction of sp³-hybridized carbons (Fsp3) is 0.684. The lowest BCUT2D eigenvalue weighted by Gasteiger charge is -2.20. The quantitative estimate of drug-likeness (QED) is 0.862. The SMILES string of the molecule is N#Cc1c(NC(=O)CNC2CCCCCCC2)sc2c1CCCC2. The number of hydrogen-bond donors (Lipinski definition) is 2. The smallest absolute Gasteiger partial charge is 0.238 e. The Hall–Kier alpha value is -1.38. The van der Waals surface area contributed by atoms with Crippen LogP contribution >= 0.6 is 11.3 Å². The van der Waals surface area contributed by atoms with Gasteiger partial charge in [0.2, 0.25) is 5.91 Å². The number of rotatable bonds is 4. The van der Waals surface area contributed by atoms with Crippen LogP contribution in [0.3, 0.4) is 0 Å². The molecule has 0 bridgehead atoms. The van der Waals surface area contributed by atoms with Crippen molar-refractivity contribution >= 4 is 22.2 Å². The minimum absolute atomic E-state index is 0.0212. The van der Waals surface area contributed by atoms with Gasteiger partial charge >= 0.3 is 0 Å². The average molecular weight is 346 g/mol. The second kappa shape index (κ2) is 8.64. The van der Waals surface area contributed by atoms with Gasteiger partial charge in [-0.05, 0) is 44.1 Å². The van der Waals surface area contributed by atoms with Crippen LogP contribution < -0.4 is 10.6 Å². The van der Waals surface area contributed by atoms with Crippen LogP contribution in [0.15, 0.2) is 0 Å². The topological polar surface area (TPSA) is 64.9 Å². The van der Waals surface area contributed by atoms with Crippen molar-refractivity contribution < 1.29 is 4.79 Å². The first-order valence-electron chi connectivity index (χ1n) is 9.36. The second-order valence-corrected chi connectivity index (χ2v) is 8.10. The van der Waals surface area contributed by atoms with Crippen molar-refractivity contribution in [1.82, 2.24) is 5.32 Å². The molecule has 0 aliphatic heterocycles. The summed E-state index contributed by atoms with van der Waals surface area (Å²) in [5, 5.41) is 16.6. The first-order valence-corrected chi connectivity index (χ1v) is 10.2. The van der Waals surface area contributed by atoms with Gasteiger partial charge in [-0.15, -0.1) is 11.3 Å². The van der Waals surface area contributed by atoms with E-state index in [-0.39, 0.29) is 5.91 Å². The Morgan fingerprint density at radius 1 is 1.08 bits per heavy atom. The molecule has 0 unspecified atom stereocenters. The monoisotopic (exact) mass is 345 g/mol. The number of fused-ring (bicyclic) bond motifs is 1. The molecule has 1 aromatic rings. The van der Waals surface area contributed by atoms with Gasteiger partial charge in [-0.3, -0.25) is 4.79 Å². The molecule has 1 heterocycles. The molecule has 3 rings (SSSR count). The Morgan fingerprint density at radius 3 is 2.54 bits per heavy atom. The highest BCUT2D eigenvalue weighted by atomic mass is 32.1. The van der Waals surface area contributed by atoms with E-state index in [1.54, 1.807) is 11.3 Å².